The molecule has 0 aliphatic heterocycles. The number of nitrogens with zero attached hydrogens (tertiary/aromatic N) is 1. The molecule has 1 heterocycles. The van der Waals surface area contributed by atoms with Crippen LogP contribution in [0.15, 0.2) is 60.7 Å². The smallest absolute Gasteiger partial charge is 0.0712 e. The molecule has 0 bridgehead atoms. The van der Waals surface area contributed by atoms with Crippen LogP contribution in [0.5, 0.6) is 0 Å². The van der Waals surface area contributed by atoms with Crippen molar-refractivity contribution < 1.29 is 0 Å². The lowest BCUT2D eigenvalue weighted by molar-refractivity contribution is 0.729. The summed E-state index contributed by atoms with van der Waals surface area (Å²) in [6, 6.07) is 21.4. The third-order valence-electron chi connectivity index (χ3n) is 4.63. The van der Waals surface area contributed by atoms with E-state index in [9.17, 15) is 0 Å². The highest BCUT2D eigenvalue weighted by molar-refractivity contribution is 5.85. The minimum absolute atomic E-state index is 0.734. The van der Waals surface area contributed by atoms with E-state index in [2.05, 4.69) is 54.6 Å². The summed E-state index contributed by atoms with van der Waals surface area (Å²) < 4.78 is 0. The fourth-order valence-electron chi connectivity index (χ4n) is 3.54. The highest BCUT2D eigenvalue weighted by atomic mass is 14.7. The molecule has 0 atom stereocenters. The number of rotatable bonds is 2. The molecule has 1 aliphatic carbocycles. The first-order valence-corrected chi connectivity index (χ1v) is 7.87. The molecule has 104 valence electrons. The molecule has 4 rings (SSSR count). The maximum atomic E-state index is 4.88. The minimum atomic E-state index is 0.734. The average Bonchev–Trinajstić information content (AvgIpc) is 3.09. The highest BCUT2D eigenvalue weighted by Gasteiger charge is 2.19. The number of aromatic nitrogens is 1. The first kappa shape index (κ1) is 12.6. The number of fused-ring (bicyclic) bond motifs is 1. The average molecular weight is 273 g/mol. The normalized spacial score (nSPS) is 15.6. The number of hydrogen-bond acceptors (Lipinski definition) is 1. The molecule has 21 heavy (non-hydrogen) atoms. The van der Waals surface area contributed by atoms with E-state index in [0.29, 0.717) is 0 Å². The Hall–Kier alpha value is -2.15. The van der Waals surface area contributed by atoms with Crippen LogP contribution in [0.3, 0.4) is 0 Å². The van der Waals surface area contributed by atoms with E-state index in [1.54, 1.807) is 0 Å². The molecule has 1 saturated carbocycles. The SMILES string of the molecule is c1ccc(-c2ccc3c(C4CCCC4)cccc3n2)cc1. The van der Waals surface area contributed by atoms with Gasteiger partial charge < -0.3 is 0 Å². The molecular formula is C20H19N. The molecule has 0 amide bonds. The van der Waals surface area contributed by atoms with Gasteiger partial charge in [-0.3, -0.25) is 0 Å². The van der Waals surface area contributed by atoms with Crippen molar-refractivity contribution in [2.45, 2.75) is 31.6 Å². The Labute approximate surface area is 125 Å². The molecular weight excluding hydrogens is 254 g/mol. The van der Waals surface area contributed by atoms with E-state index in [1.165, 1.54) is 42.2 Å². The summed E-state index contributed by atoms with van der Waals surface area (Å²) in [5, 5.41) is 1.34. The molecule has 0 radical (unpaired) electrons. The fraction of sp³-hybridized carbons (Fsp3) is 0.250. The van der Waals surface area contributed by atoms with Gasteiger partial charge >= 0.3 is 0 Å². The van der Waals surface area contributed by atoms with Crippen molar-refractivity contribution in [2.75, 3.05) is 0 Å². The van der Waals surface area contributed by atoms with Crippen molar-refractivity contribution in [2.24, 2.45) is 0 Å². The van der Waals surface area contributed by atoms with Crippen LogP contribution in [0.25, 0.3) is 22.2 Å². The van der Waals surface area contributed by atoms with Crippen molar-refractivity contribution in [3.8, 4) is 11.3 Å². The van der Waals surface area contributed by atoms with Gasteiger partial charge in [0.05, 0.1) is 11.2 Å². The zero-order valence-corrected chi connectivity index (χ0v) is 12.1. The van der Waals surface area contributed by atoms with Gasteiger partial charge in [-0.25, -0.2) is 4.98 Å². The van der Waals surface area contributed by atoms with E-state index in [0.717, 1.165) is 17.1 Å². The van der Waals surface area contributed by atoms with Gasteiger partial charge in [-0.15, -0.1) is 0 Å². The van der Waals surface area contributed by atoms with Gasteiger partial charge in [0, 0.05) is 10.9 Å². The van der Waals surface area contributed by atoms with E-state index >= 15 is 0 Å². The summed E-state index contributed by atoms with van der Waals surface area (Å²) >= 11 is 0. The monoisotopic (exact) mass is 273 g/mol. The first-order valence-electron chi connectivity index (χ1n) is 7.87. The van der Waals surface area contributed by atoms with Crippen LogP contribution in [0.2, 0.25) is 0 Å². The van der Waals surface area contributed by atoms with Crippen LogP contribution < -0.4 is 0 Å². The molecule has 1 aliphatic rings. The van der Waals surface area contributed by atoms with E-state index in [4.69, 9.17) is 4.98 Å². The van der Waals surface area contributed by atoms with E-state index in [-0.39, 0.29) is 0 Å². The predicted octanol–water partition coefficient (Wildman–Crippen LogP) is 5.56. The van der Waals surface area contributed by atoms with Crippen molar-refractivity contribution in [1.29, 1.82) is 0 Å². The lowest BCUT2D eigenvalue weighted by atomic mass is 9.93. The Kier molecular flexibility index (Phi) is 3.19. The Morgan fingerprint density at radius 1 is 0.762 bits per heavy atom. The van der Waals surface area contributed by atoms with E-state index in [1.807, 2.05) is 6.07 Å². The van der Waals surface area contributed by atoms with E-state index < -0.39 is 0 Å². The van der Waals surface area contributed by atoms with Gasteiger partial charge in [-0.1, -0.05) is 61.4 Å². The maximum absolute atomic E-state index is 4.88. The Morgan fingerprint density at radius 2 is 1.57 bits per heavy atom. The van der Waals surface area contributed by atoms with Crippen molar-refractivity contribution >= 4 is 10.9 Å². The summed E-state index contributed by atoms with van der Waals surface area (Å²) in [6.07, 6.45) is 5.41. The molecule has 0 spiro atoms. The molecule has 0 saturated heterocycles. The Balaban J connectivity index is 1.82. The second-order valence-corrected chi connectivity index (χ2v) is 5.96. The molecule has 1 aromatic heterocycles. The molecule has 1 nitrogen and oxygen atoms in total. The lowest BCUT2D eigenvalue weighted by Crippen LogP contribution is -1.95. The molecule has 3 aromatic rings. The highest BCUT2D eigenvalue weighted by Crippen LogP contribution is 2.37. The number of hydrogen-bond donors (Lipinski definition) is 0. The lowest BCUT2D eigenvalue weighted by Gasteiger charge is -2.13. The fourth-order valence-corrected chi connectivity index (χ4v) is 3.54. The van der Waals surface area contributed by atoms with Gasteiger partial charge in [-0.05, 0) is 36.5 Å². The van der Waals surface area contributed by atoms with Gasteiger partial charge in [0.1, 0.15) is 0 Å². The molecule has 0 N–H and O–H groups in total. The topological polar surface area (TPSA) is 12.9 Å². The van der Waals surface area contributed by atoms with Crippen molar-refractivity contribution in [1.82, 2.24) is 4.98 Å². The summed E-state index contributed by atoms with van der Waals surface area (Å²) in [4.78, 5) is 4.88. The second-order valence-electron chi connectivity index (χ2n) is 5.96. The maximum Gasteiger partial charge on any atom is 0.0712 e. The summed E-state index contributed by atoms with van der Waals surface area (Å²) in [5.41, 5.74) is 4.87. The molecule has 1 heteroatoms. The standard InChI is InChI=1S/C20H19N/c1-2-9-16(10-3-1)19-14-13-18-17(15-7-4-5-8-15)11-6-12-20(18)21-19/h1-3,6,9-15H,4-5,7-8H2. The van der Waals surface area contributed by atoms with Crippen LogP contribution in [-0.4, -0.2) is 4.98 Å². The minimum Gasteiger partial charge on any atom is -0.248 e. The van der Waals surface area contributed by atoms with Crippen molar-refractivity contribution in [3.05, 3.63) is 66.2 Å². The van der Waals surface area contributed by atoms with Crippen LogP contribution in [0.4, 0.5) is 0 Å². The molecule has 2 aromatic carbocycles. The van der Waals surface area contributed by atoms with Gasteiger partial charge in [0.15, 0.2) is 0 Å². The Morgan fingerprint density at radius 3 is 2.38 bits per heavy atom. The van der Waals surface area contributed by atoms with Gasteiger partial charge in [0.2, 0.25) is 0 Å². The zero-order chi connectivity index (χ0) is 14.1. The summed E-state index contributed by atoms with van der Waals surface area (Å²) in [5.74, 6) is 0.734. The van der Waals surface area contributed by atoms with Crippen LogP contribution in [-0.2, 0) is 0 Å². The largest absolute Gasteiger partial charge is 0.248 e. The van der Waals surface area contributed by atoms with Crippen LogP contribution in [0, 0.1) is 0 Å². The third-order valence-corrected chi connectivity index (χ3v) is 4.63. The Bertz CT molecular complexity index is 755. The quantitative estimate of drug-likeness (QED) is 0.595. The summed E-state index contributed by atoms with van der Waals surface area (Å²) in [7, 11) is 0. The van der Waals surface area contributed by atoms with Gasteiger partial charge in [-0.2, -0.15) is 0 Å². The second kappa shape index (κ2) is 5.33. The first-order chi connectivity index (χ1) is 10.4. The zero-order valence-electron chi connectivity index (χ0n) is 12.1. The number of pyridine rings is 1. The molecule has 1 fully saturated rings. The number of benzene rings is 2. The summed E-state index contributed by atoms with van der Waals surface area (Å²) in [6.45, 7) is 0. The molecule has 0 unspecified atom stereocenters. The van der Waals surface area contributed by atoms with Crippen LogP contribution in [0.1, 0.15) is 37.2 Å². The third kappa shape index (κ3) is 2.33. The van der Waals surface area contributed by atoms with Crippen LogP contribution >= 0.6 is 0 Å². The van der Waals surface area contributed by atoms with Crippen molar-refractivity contribution in [3.63, 3.8) is 0 Å². The predicted molar refractivity (Wildman–Crippen MR) is 88.4 cm³/mol. The van der Waals surface area contributed by atoms with Gasteiger partial charge in [0.25, 0.3) is 0 Å².